The van der Waals surface area contributed by atoms with Crippen LogP contribution in [0.4, 0.5) is 4.39 Å². The first-order valence-electron chi connectivity index (χ1n) is 10.6. The molecule has 31 heavy (non-hydrogen) atoms. The van der Waals surface area contributed by atoms with Crippen LogP contribution in [0.15, 0.2) is 58.5 Å². The number of halogens is 1. The molecule has 1 amide bonds. The summed E-state index contributed by atoms with van der Waals surface area (Å²) in [5.41, 5.74) is 0.300. The number of amides is 1. The van der Waals surface area contributed by atoms with Crippen molar-refractivity contribution < 1.29 is 9.18 Å². The normalized spacial score (nSPS) is 21.2. The lowest BCUT2D eigenvalue weighted by molar-refractivity contribution is -0.120. The third-order valence-corrected chi connectivity index (χ3v) is 7.16. The van der Waals surface area contributed by atoms with E-state index in [0.717, 1.165) is 24.6 Å². The quantitative estimate of drug-likeness (QED) is 0.468. The first-order valence-corrected chi connectivity index (χ1v) is 11.6. The van der Waals surface area contributed by atoms with E-state index in [-0.39, 0.29) is 28.9 Å². The Morgan fingerprint density at radius 2 is 1.90 bits per heavy atom. The summed E-state index contributed by atoms with van der Waals surface area (Å²) in [5.74, 6) is 0.506. The first-order chi connectivity index (χ1) is 15.0. The zero-order chi connectivity index (χ0) is 22.0. The Morgan fingerprint density at radius 3 is 2.71 bits per heavy atom. The fourth-order valence-electron chi connectivity index (χ4n) is 4.22. The van der Waals surface area contributed by atoms with Gasteiger partial charge in [-0.3, -0.25) is 14.2 Å². The minimum atomic E-state index is -0.516. The van der Waals surface area contributed by atoms with Crippen molar-refractivity contribution in [2.75, 3.05) is 5.75 Å². The largest absolute Gasteiger partial charge is 0.352 e. The maximum atomic E-state index is 14.5. The van der Waals surface area contributed by atoms with Crippen molar-refractivity contribution in [3.8, 4) is 5.69 Å². The second kappa shape index (κ2) is 9.22. The Hall–Kier alpha value is -2.67. The Labute approximate surface area is 185 Å². The van der Waals surface area contributed by atoms with Gasteiger partial charge in [-0.2, -0.15) is 0 Å². The fourth-order valence-corrected chi connectivity index (χ4v) is 5.04. The van der Waals surface area contributed by atoms with Crippen LogP contribution in [0.2, 0.25) is 0 Å². The number of fused-ring (bicyclic) bond motifs is 1. The van der Waals surface area contributed by atoms with E-state index in [1.54, 1.807) is 42.5 Å². The second-order valence-corrected chi connectivity index (χ2v) is 9.18. The van der Waals surface area contributed by atoms with E-state index >= 15 is 0 Å². The van der Waals surface area contributed by atoms with Crippen LogP contribution in [-0.4, -0.2) is 27.3 Å². The van der Waals surface area contributed by atoms with Crippen LogP contribution < -0.4 is 10.9 Å². The number of nitrogens with one attached hydrogen (secondary N) is 1. The van der Waals surface area contributed by atoms with Gasteiger partial charge >= 0.3 is 0 Å². The number of carbonyl (C=O) groups is 1. The molecule has 2 aromatic carbocycles. The number of aromatic nitrogens is 2. The van der Waals surface area contributed by atoms with Crippen molar-refractivity contribution in [3.05, 3.63) is 64.7 Å². The minimum absolute atomic E-state index is 0.0987. The Kier molecular flexibility index (Phi) is 6.41. The predicted octanol–water partition coefficient (Wildman–Crippen LogP) is 4.56. The molecular formula is C24H26FN3O2S. The number of hydrogen-bond donors (Lipinski definition) is 1. The van der Waals surface area contributed by atoms with Crippen LogP contribution in [0.3, 0.4) is 0 Å². The lowest BCUT2D eigenvalue weighted by Crippen LogP contribution is -2.44. The molecular weight excluding hydrogens is 413 g/mol. The predicted molar refractivity (Wildman–Crippen MR) is 122 cm³/mol. The van der Waals surface area contributed by atoms with Crippen molar-refractivity contribution in [2.24, 2.45) is 11.8 Å². The molecule has 1 aliphatic carbocycles. The van der Waals surface area contributed by atoms with Gasteiger partial charge in [-0.15, -0.1) is 0 Å². The van der Waals surface area contributed by atoms with Gasteiger partial charge in [0.15, 0.2) is 5.16 Å². The molecule has 1 saturated carbocycles. The van der Waals surface area contributed by atoms with Gasteiger partial charge in [0.05, 0.1) is 22.3 Å². The van der Waals surface area contributed by atoms with Gasteiger partial charge in [-0.25, -0.2) is 9.37 Å². The first kappa shape index (κ1) is 21.6. The molecule has 0 unspecified atom stereocenters. The molecule has 3 aromatic rings. The Bertz CT molecular complexity index is 1160. The van der Waals surface area contributed by atoms with Gasteiger partial charge in [0.25, 0.3) is 5.56 Å². The van der Waals surface area contributed by atoms with Crippen molar-refractivity contribution >= 4 is 28.6 Å². The van der Waals surface area contributed by atoms with Crippen LogP contribution in [0.5, 0.6) is 0 Å². The Balaban J connectivity index is 1.62. The highest BCUT2D eigenvalue weighted by Gasteiger charge is 2.28. The summed E-state index contributed by atoms with van der Waals surface area (Å²) in [4.78, 5) is 30.4. The molecule has 7 heteroatoms. The number of benzene rings is 2. The number of thioether (sulfide) groups is 1. The van der Waals surface area contributed by atoms with E-state index in [4.69, 9.17) is 0 Å². The SMILES string of the molecule is C[C@H]1[C@H](C)CCC[C@@H]1NC(=O)CSc1nc2ccccc2c(=O)n1-c1ccccc1F. The van der Waals surface area contributed by atoms with Crippen LogP contribution >= 0.6 is 11.8 Å². The molecule has 1 aliphatic rings. The van der Waals surface area contributed by atoms with Crippen LogP contribution in [0.25, 0.3) is 16.6 Å². The third kappa shape index (κ3) is 4.51. The van der Waals surface area contributed by atoms with Gasteiger partial charge in [-0.1, -0.05) is 62.7 Å². The number of para-hydroxylation sites is 2. The van der Waals surface area contributed by atoms with Crippen LogP contribution in [0, 0.1) is 17.7 Å². The summed E-state index contributed by atoms with van der Waals surface area (Å²) in [6, 6.07) is 13.2. The zero-order valence-corrected chi connectivity index (χ0v) is 18.5. The molecule has 0 bridgehead atoms. The zero-order valence-electron chi connectivity index (χ0n) is 17.7. The number of nitrogens with zero attached hydrogens (tertiary/aromatic N) is 2. The fraction of sp³-hybridized carbons (Fsp3) is 0.375. The van der Waals surface area contributed by atoms with E-state index < -0.39 is 5.82 Å². The van der Waals surface area contributed by atoms with Gasteiger partial charge in [0.2, 0.25) is 5.91 Å². The summed E-state index contributed by atoms with van der Waals surface area (Å²) in [5, 5.41) is 3.85. The highest BCUT2D eigenvalue weighted by Crippen LogP contribution is 2.30. The van der Waals surface area contributed by atoms with E-state index in [1.165, 1.54) is 17.1 Å². The van der Waals surface area contributed by atoms with Crippen molar-refractivity contribution in [2.45, 2.75) is 44.3 Å². The Morgan fingerprint density at radius 1 is 1.16 bits per heavy atom. The smallest absolute Gasteiger partial charge is 0.266 e. The molecule has 3 atom stereocenters. The molecule has 0 saturated heterocycles. The van der Waals surface area contributed by atoms with E-state index in [9.17, 15) is 14.0 Å². The van der Waals surface area contributed by atoms with E-state index in [0.29, 0.717) is 27.9 Å². The second-order valence-electron chi connectivity index (χ2n) is 8.23. The monoisotopic (exact) mass is 439 g/mol. The molecule has 1 fully saturated rings. The van der Waals surface area contributed by atoms with Gasteiger partial charge in [0, 0.05) is 6.04 Å². The maximum absolute atomic E-state index is 14.5. The number of hydrogen-bond acceptors (Lipinski definition) is 4. The average molecular weight is 440 g/mol. The third-order valence-electron chi connectivity index (χ3n) is 6.22. The highest BCUT2D eigenvalue weighted by molar-refractivity contribution is 7.99. The molecule has 0 radical (unpaired) electrons. The summed E-state index contributed by atoms with van der Waals surface area (Å²) in [6.45, 7) is 4.41. The standard InChI is InChI=1S/C24H26FN3O2S/c1-15-8-7-12-19(16(15)2)26-22(29)14-31-24-27-20-11-5-3-9-17(20)23(30)28(24)21-13-6-4-10-18(21)25/h3-6,9-11,13,15-16,19H,7-8,12,14H2,1-2H3,(H,26,29)/t15-,16+,19+/m1/s1. The van der Waals surface area contributed by atoms with Gasteiger partial charge < -0.3 is 5.32 Å². The van der Waals surface area contributed by atoms with E-state index in [1.807, 2.05) is 0 Å². The minimum Gasteiger partial charge on any atom is -0.352 e. The lowest BCUT2D eigenvalue weighted by atomic mass is 9.78. The lowest BCUT2D eigenvalue weighted by Gasteiger charge is -2.34. The van der Waals surface area contributed by atoms with Crippen molar-refractivity contribution in [1.82, 2.24) is 14.9 Å². The summed E-state index contributed by atoms with van der Waals surface area (Å²) in [7, 11) is 0. The number of carbonyl (C=O) groups excluding carboxylic acids is 1. The molecule has 5 nitrogen and oxygen atoms in total. The van der Waals surface area contributed by atoms with Crippen molar-refractivity contribution in [1.29, 1.82) is 0 Å². The molecule has 4 rings (SSSR count). The van der Waals surface area contributed by atoms with Crippen LogP contribution in [-0.2, 0) is 4.79 Å². The van der Waals surface area contributed by atoms with Crippen molar-refractivity contribution in [3.63, 3.8) is 0 Å². The molecule has 1 N–H and O–H groups in total. The summed E-state index contributed by atoms with van der Waals surface area (Å²) in [6.07, 6.45) is 3.29. The van der Waals surface area contributed by atoms with Gasteiger partial charge in [0.1, 0.15) is 5.82 Å². The van der Waals surface area contributed by atoms with E-state index in [2.05, 4.69) is 24.1 Å². The molecule has 1 heterocycles. The number of rotatable bonds is 5. The maximum Gasteiger partial charge on any atom is 0.266 e. The van der Waals surface area contributed by atoms with Crippen LogP contribution in [0.1, 0.15) is 33.1 Å². The summed E-state index contributed by atoms with van der Waals surface area (Å²) >= 11 is 1.15. The summed E-state index contributed by atoms with van der Waals surface area (Å²) < 4.78 is 15.8. The average Bonchev–Trinajstić information content (AvgIpc) is 2.76. The molecule has 0 aliphatic heterocycles. The highest BCUT2D eigenvalue weighted by atomic mass is 32.2. The molecule has 162 valence electrons. The molecule has 0 spiro atoms. The molecule has 1 aromatic heterocycles. The topological polar surface area (TPSA) is 64.0 Å². The van der Waals surface area contributed by atoms with Gasteiger partial charge in [-0.05, 0) is 42.5 Å².